The van der Waals surface area contributed by atoms with Crippen LogP contribution in [0.4, 0.5) is 20.2 Å². The predicted molar refractivity (Wildman–Crippen MR) is 149 cm³/mol. The second-order valence-corrected chi connectivity index (χ2v) is 10.3. The molecule has 1 aliphatic rings. The van der Waals surface area contributed by atoms with Gasteiger partial charge in [-0.15, -0.1) is 0 Å². The maximum Gasteiger partial charge on any atom is 0.342 e. The highest BCUT2D eigenvalue weighted by atomic mass is 19.2. The van der Waals surface area contributed by atoms with Crippen LogP contribution in [0.1, 0.15) is 23.2 Å². The summed E-state index contributed by atoms with van der Waals surface area (Å²) < 4.78 is 30.8. The van der Waals surface area contributed by atoms with E-state index in [9.17, 15) is 23.5 Å². The quantitative estimate of drug-likeness (QED) is 0.293. The summed E-state index contributed by atoms with van der Waals surface area (Å²) >= 11 is 0. The number of pyridine rings is 2. The standard InChI is InChI=1S/C28H27F2N7O3/c1-31-24-22(30)19(29)9-16-21-25(36-8-4-5-15(36)13-35(2)3)17(10-33-26(21)34-23(16)24)14-6-7-20-32-11-18(28(39)40)27(38)37(20)12-14/h6-7,9-12,15,31H,4-5,8,13H2,1-3H3,(H,33,34)(H,39,40)/t15-/m0/s1. The van der Waals surface area contributed by atoms with E-state index < -0.39 is 28.7 Å². The van der Waals surface area contributed by atoms with Gasteiger partial charge in [-0.25, -0.2) is 23.5 Å². The molecule has 5 heterocycles. The van der Waals surface area contributed by atoms with Gasteiger partial charge in [-0.2, -0.15) is 0 Å². The molecular weight excluding hydrogens is 520 g/mol. The van der Waals surface area contributed by atoms with Crippen molar-refractivity contribution in [1.29, 1.82) is 0 Å². The van der Waals surface area contributed by atoms with Crippen molar-refractivity contribution in [2.75, 3.05) is 44.4 Å². The van der Waals surface area contributed by atoms with Gasteiger partial charge >= 0.3 is 5.97 Å². The fraction of sp³-hybridized carbons (Fsp3) is 0.286. The van der Waals surface area contributed by atoms with Gasteiger partial charge < -0.3 is 25.2 Å². The molecule has 12 heteroatoms. The van der Waals surface area contributed by atoms with Crippen LogP contribution in [0.5, 0.6) is 0 Å². The van der Waals surface area contributed by atoms with Crippen molar-refractivity contribution in [3.05, 3.63) is 64.3 Å². The number of carbonyl (C=O) groups is 1. The van der Waals surface area contributed by atoms with Crippen molar-refractivity contribution in [3.8, 4) is 11.1 Å². The highest BCUT2D eigenvalue weighted by molar-refractivity contribution is 6.18. The molecule has 1 atom stereocenters. The van der Waals surface area contributed by atoms with Crippen LogP contribution in [0.15, 0.2) is 41.6 Å². The fourth-order valence-corrected chi connectivity index (χ4v) is 5.79. The molecule has 5 aromatic rings. The SMILES string of the molecule is CNc1c(F)c(F)cc2c1[nH]c1ncc(-c3ccc4ncc(C(=O)O)c(=O)n4c3)c(N3CCC[C@H]3CN(C)C)c12. The summed E-state index contributed by atoms with van der Waals surface area (Å²) in [5, 5.41) is 13.3. The predicted octanol–water partition coefficient (Wildman–Crippen LogP) is 3.94. The van der Waals surface area contributed by atoms with Gasteiger partial charge in [-0.05, 0) is 45.1 Å². The Bertz CT molecular complexity index is 1880. The number of aromatic carboxylic acids is 1. The average molecular weight is 548 g/mol. The van der Waals surface area contributed by atoms with Crippen LogP contribution in [0.3, 0.4) is 0 Å². The van der Waals surface area contributed by atoms with Crippen molar-refractivity contribution in [1.82, 2.24) is 24.3 Å². The van der Waals surface area contributed by atoms with Gasteiger partial charge in [-0.1, -0.05) is 0 Å². The van der Waals surface area contributed by atoms with E-state index in [0.29, 0.717) is 38.7 Å². The lowest BCUT2D eigenvalue weighted by molar-refractivity contribution is 0.0694. The minimum absolute atomic E-state index is 0.0105. The zero-order valence-corrected chi connectivity index (χ0v) is 22.1. The largest absolute Gasteiger partial charge is 0.477 e. The summed E-state index contributed by atoms with van der Waals surface area (Å²) in [6.45, 7) is 1.51. The number of likely N-dealkylation sites (N-methyl/N-ethyl adjacent to an activating group) is 1. The number of hydrogen-bond acceptors (Lipinski definition) is 7. The first kappa shape index (κ1) is 25.7. The monoisotopic (exact) mass is 547 g/mol. The lowest BCUT2D eigenvalue weighted by atomic mass is 10.0. The summed E-state index contributed by atoms with van der Waals surface area (Å²) in [7, 11) is 5.54. The maximum atomic E-state index is 14.8. The molecular formula is C28H27F2N7O3. The van der Waals surface area contributed by atoms with E-state index >= 15 is 0 Å². The third kappa shape index (κ3) is 3.94. The minimum atomic E-state index is -1.36. The zero-order valence-electron chi connectivity index (χ0n) is 22.1. The average Bonchev–Trinajstić information content (AvgIpc) is 3.52. The summed E-state index contributed by atoms with van der Waals surface area (Å²) in [4.78, 5) is 40.9. The number of benzene rings is 1. The van der Waals surface area contributed by atoms with Gasteiger partial charge in [0.05, 0.1) is 22.3 Å². The second kappa shape index (κ2) is 9.56. The summed E-state index contributed by atoms with van der Waals surface area (Å²) in [6, 6.07) is 4.76. The number of nitrogens with zero attached hydrogens (tertiary/aromatic N) is 5. The van der Waals surface area contributed by atoms with Crippen molar-refractivity contribution in [2.45, 2.75) is 18.9 Å². The van der Waals surface area contributed by atoms with E-state index in [1.807, 2.05) is 14.1 Å². The molecule has 40 heavy (non-hydrogen) atoms. The molecule has 0 bridgehead atoms. The van der Waals surface area contributed by atoms with E-state index in [2.05, 4.69) is 30.1 Å². The number of anilines is 2. The first-order chi connectivity index (χ1) is 19.2. The van der Waals surface area contributed by atoms with Crippen LogP contribution < -0.4 is 15.8 Å². The molecule has 0 aliphatic carbocycles. The minimum Gasteiger partial charge on any atom is -0.477 e. The molecule has 0 unspecified atom stereocenters. The summed E-state index contributed by atoms with van der Waals surface area (Å²) in [5.41, 5.74) is 2.08. The Balaban J connectivity index is 1.69. The van der Waals surface area contributed by atoms with E-state index in [-0.39, 0.29) is 11.7 Å². The van der Waals surface area contributed by atoms with Crippen LogP contribution in [0.2, 0.25) is 0 Å². The maximum absolute atomic E-state index is 14.8. The van der Waals surface area contributed by atoms with Crippen LogP contribution in [0, 0.1) is 11.6 Å². The Morgan fingerprint density at radius 2 is 2.05 bits per heavy atom. The van der Waals surface area contributed by atoms with Crippen LogP contribution >= 0.6 is 0 Å². The topological polar surface area (TPSA) is 119 Å². The number of H-pyrrole nitrogens is 1. The molecule has 0 spiro atoms. The lowest BCUT2D eigenvalue weighted by Gasteiger charge is -2.31. The Morgan fingerprint density at radius 1 is 1.25 bits per heavy atom. The normalized spacial score (nSPS) is 15.7. The zero-order chi connectivity index (χ0) is 28.3. The Morgan fingerprint density at radius 3 is 2.77 bits per heavy atom. The van der Waals surface area contributed by atoms with E-state index in [1.165, 1.54) is 17.5 Å². The smallest absolute Gasteiger partial charge is 0.342 e. The molecule has 0 saturated carbocycles. The number of nitrogens with one attached hydrogen (secondary N) is 2. The molecule has 10 nitrogen and oxygen atoms in total. The molecule has 4 aromatic heterocycles. The van der Waals surface area contributed by atoms with Gasteiger partial charge in [0.25, 0.3) is 5.56 Å². The number of rotatable bonds is 6. The Hall–Kier alpha value is -4.58. The molecule has 0 amide bonds. The summed E-state index contributed by atoms with van der Waals surface area (Å²) in [5.74, 6) is -3.33. The molecule has 0 radical (unpaired) electrons. The molecule has 206 valence electrons. The van der Waals surface area contributed by atoms with Crippen LogP contribution in [-0.4, -0.2) is 75.6 Å². The molecule has 1 saturated heterocycles. The number of carboxylic acid groups (broad SMARTS) is 1. The first-order valence-electron chi connectivity index (χ1n) is 12.9. The lowest BCUT2D eigenvalue weighted by Crippen LogP contribution is -2.38. The van der Waals surface area contributed by atoms with E-state index in [4.69, 9.17) is 0 Å². The fourth-order valence-electron chi connectivity index (χ4n) is 5.79. The molecule has 1 aromatic carbocycles. The molecule has 1 fully saturated rings. The van der Waals surface area contributed by atoms with Crippen molar-refractivity contribution in [3.63, 3.8) is 0 Å². The number of aromatic amines is 1. The van der Waals surface area contributed by atoms with Gasteiger partial charge in [0.2, 0.25) is 0 Å². The molecule has 3 N–H and O–H groups in total. The number of hydrogen-bond donors (Lipinski definition) is 3. The number of fused-ring (bicyclic) bond motifs is 4. The van der Waals surface area contributed by atoms with Crippen molar-refractivity contribution in [2.24, 2.45) is 0 Å². The van der Waals surface area contributed by atoms with Gasteiger partial charge in [0.15, 0.2) is 11.6 Å². The van der Waals surface area contributed by atoms with Crippen LogP contribution in [-0.2, 0) is 0 Å². The van der Waals surface area contributed by atoms with Crippen molar-refractivity contribution >= 4 is 44.9 Å². The molecule has 1 aliphatic heterocycles. The number of carboxylic acids is 1. The van der Waals surface area contributed by atoms with Crippen molar-refractivity contribution < 1.29 is 18.7 Å². The highest BCUT2D eigenvalue weighted by Crippen LogP contribution is 2.44. The second-order valence-electron chi connectivity index (χ2n) is 10.3. The molecule has 6 rings (SSSR count). The number of aromatic nitrogens is 4. The number of halogens is 2. The van der Waals surface area contributed by atoms with Gasteiger partial charge in [0.1, 0.15) is 16.9 Å². The van der Waals surface area contributed by atoms with Gasteiger partial charge in [0, 0.05) is 61.3 Å². The summed E-state index contributed by atoms with van der Waals surface area (Å²) in [6.07, 6.45) is 6.16. The first-order valence-corrected chi connectivity index (χ1v) is 12.9. The van der Waals surface area contributed by atoms with E-state index in [0.717, 1.165) is 37.8 Å². The van der Waals surface area contributed by atoms with E-state index in [1.54, 1.807) is 24.5 Å². The highest BCUT2D eigenvalue weighted by Gasteiger charge is 2.31. The van der Waals surface area contributed by atoms with Crippen LogP contribution in [0.25, 0.3) is 38.7 Å². The Labute approximate surface area is 226 Å². The third-order valence-electron chi connectivity index (χ3n) is 7.52. The Kier molecular flexibility index (Phi) is 6.14. The van der Waals surface area contributed by atoms with Gasteiger partial charge in [-0.3, -0.25) is 9.20 Å². The third-order valence-corrected chi connectivity index (χ3v) is 7.52.